The van der Waals surface area contributed by atoms with E-state index in [0.29, 0.717) is 6.54 Å². The van der Waals surface area contributed by atoms with E-state index in [9.17, 15) is 4.79 Å². The second-order valence-electron chi connectivity index (χ2n) is 6.63. The highest BCUT2D eigenvalue weighted by molar-refractivity contribution is 5.72. The van der Waals surface area contributed by atoms with Gasteiger partial charge in [-0.2, -0.15) is 0 Å². The van der Waals surface area contributed by atoms with E-state index in [1.807, 2.05) is 24.3 Å². The Labute approximate surface area is 153 Å². The Balaban J connectivity index is 1.51. The van der Waals surface area contributed by atoms with Crippen LogP contribution in [0.5, 0.6) is 5.75 Å². The van der Waals surface area contributed by atoms with Crippen molar-refractivity contribution in [3.8, 4) is 5.75 Å². The summed E-state index contributed by atoms with van der Waals surface area (Å²) in [4.78, 5) is 17.6. The van der Waals surface area contributed by atoms with E-state index >= 15 is 0 Å². The van der Waals surface area contributed by atoms with Gasteiger partial charge >= 0.3 is 0 Å². The van der Waals surface area contributed by atoms with Crippen molar-refractivity contribution in [2.24, 2.45) is 0 Å². The molecule has 0 aliphatic carbocycles. The van der Waals surface area contributed by atoms with Gasteiger partial charge in [0.1, 0.15) is 11.9 Å². The van der Waals surface area contributed by atoms with Gasteiger partial charge in [-0.05, 0) is 23.6 Å². The molecule has 0 saturated carbocycles. The molecule has 1 aliphatic heterocycles. The lowest BCUT2D eigenvalue weighted by Gasteiger charge is -2.17. The Kier molecular flexibility index (Phi) is 6.20. The lowest BCUT2D eigenvalue weighted by atomic mass is 10.1. The minimum Gasteiger partial charge on any atom is -0.489 e. The summed E-state index contributed by atoms with van der Waals surface area (Å²) in [6.45, 7) is 4.74. The molecule has 0 spiro atoms. The summed E-state index contributed by atoms with van der Waals surface area (Å²) in [5, 5.41) is 11.9. The summed E-state index contributed by atoms with van der Waals surface area (Å²) < 4.78 is 6.10. The lowest BCUT2D eigenvalue weighted by Crippen LogP contribution is -2.24. The summed E-state index contributed by atoms with van der Waals surface area (Å²) in [5.41, 5.74) is 2.96. The van der Waals surface area contributed by atoms with Crippen LogP contribution < -0.4 is 10.1 Å². The molecule has 0 radical (unpaired) electrons. The van der Waals surface area contributed by atoms with Crippen LogP contribution in [-0.4, -0.2) is 40.1 Å². The van der Waals surface area contributed by atoms with Gasteiger partial charge in [0.15, 0.2) is 0 Å². The van der Waals surface area contributed by atoms with Crippen LogP contribution >= 0.6 is 0 Å². The largest absolute Gasteiger partial charge is 0.489 e. The van der Waals surface area contributed by atoms with Gasteiger partial charge in [0.05, 0.1) is 18.8 Å². The summed E-state index contributed by atoms with van der Waals surface area (Å²) >= 11 is 0. The highest BCUT2D eigenvalue weighted by Gasteiger charge is 2.24. The summed E-state index contributed by atoms with van der Waals surface area (Å²) in [5.74, 6) is 0.719. The topological polar surface area (TPSA) is 74.7 Å². The third-order valence-corrected chi connectivity index (χ3v) is 4.45. The van der Waals surface area contributed by atoms with Crippen molar-refractivity contribution in [3.05, 3.63) is 59.4 Å². The average molecular weight is 355 g/mol. The third kappa shape index (κ3) is 5.28. The number of hydrogen-bond donors (Lipinski definition) is 2. The van der Waals surface area contributed by atoms with Crippen molar-refractivity contribution >= 4 is 5.91 Å². The monoisotopic (exact) mass is 355 g/mol. The van der Waals surface area contributed by atoms with Gasteiger partial charge < -0.3 is 15.2 Å². The molecule has 6 heteroatoms. The Hall–Kier alpha value is -2.44. The van der Waals surface area contributed by atoms with Crippen LogP contribution in [0.1, 0.15) is 30.2 Å². The number of amides is 1. The first-order valence-corrected chi connectivity index (χ1v) is 8.89. The number of benzene rings is 1. The molecule has 2 N–H and O–H groups in total. The number of nitrogens with one attached hydrogen (secondary N) is 1. The zero-order valence-corrected chi connectivity index (χ0v) is 15.0. The van der Waals surface area contributed by atoms with Crippen LogP contribution in [0.3, 0.4) is 0 Å². The zero-order chi connectivity index (χ0) is 18.4. The second kappa shape index (κ2) is 8.78. The average Bonchev–Trinajstić information content (AvgIpc) is 3.08. The number of aromatic nitrogens is 1. The predicted octanol–water partition coefficient (Wildman–Crippen LogP) is 1.86. The van der Waals surface area contributed by atoms with Gasteiger partial charge in [-0.3, -0.25) is 14.7 Å². The highest BCUT2D eigenvalue weighted by Crippen LogP contribution is 2.20. The summed E-state index contributed by atoms with van der Waals surface area (Å²) in [6.07, 6.45) is 2.85. The molecule has 6 nitrogen and oxygen atoms in total. The number of carbonyl (C=O) groups is 1. The molecule has 1 atom stereocenters. The fourth-order valence-corrected chi connectivity index (χ4v) is 3.08. The van der Waals surface area contributed by atoms with Crippen LogP contribution in [0.25, 0.3) is 0 Å². The Morgan fingerprint density at radius 2 is 2.08 bits per heavy atom. The summed E-state index contributed by atoms with van der Waals surface area (Å²) in [6, 6.07) is 11.8. The number of pyridine rings is 1. The Morgan fingerprint density at radius 1 is 1.31 bits per heavy atom. The maximum atomic E-state index is 11.0. The normalized spacial score (nSPS) is 17.2. The summed E-state index contributed by atoms with van der Waals surface area (Å²) in [7, 11) is 0. The molecule has 2 aromatic rings. The quantitative estimate of drug-likeness (QED) is 0.793. The Bertz CT molecular complexity index is 733. The van der Waals surface area contributed by atoms with Gasteiger partial charge in [0, 0.05) is 38.8 Å². The highest BCUT2D eigenvalue weighted by atomic mass is 16.5. The molecule has 1 amide bonds. The van der Waals surface area contributed by atoms with Crippen molar-refractivity contribution in [2.45, 2.75) is 39.1 Å². The smallest absolute Gasteiger partial charge is 0.217 e. The number of aliphatic hydroxyl groups excluding tert-OH is 1. The number of rotatable bonds is 7. The first-order chi connectivity index (χ1) is 12.6. The van der Waals surface area contributed by atoms with Crippen LogP contribution in [0.4, 0.5) is 0 Å². The predicted molar refractivity (Wildman–Crippen MR) is 98.4 cm³/mol. The van der Waals surface area contributed by atoms with Gasteiger partial charge in [0.25, 0.3) is 0 Å². The van der Waals surface area contributed by atoms with Crippen LogP contribution in [0.15, 0.2) is 42.6 Å². The molecule has 138 valence electrons. The van der Waals surface area contributed by atoms with Crippen molar-refractivity contribution in [1.29, 1.82) is 0 Å². The fraction of sp³-hybridized carbons (Fsp3) is 0.400. The van der Waals surface area contributed by atoms with Gasteiger partial charge in [-0.25, -0.2) is 0 Å². The fourth-order valence-electron chi connectivity index (χ4n) is 3.08. The maximum Gasteiger partial charge on any atom is 0.217 e. The maximum absolute atomic E-state index is 11.0. The molecule has 1 aromatic carbocycles. The number of hydrogen-bond acceptors (Lipinski definition) is 5. The van der Waals surface area contributed by atoms with E-state index < -0.39 is 0 Å². The second-order valence-corrected chi connectivity index (χ2v) is 6.63. The van der Waals surface area contributed by atoms with Gasteiger partial charge in [0.2, 0.25) is 5.91 Å². The molecule has 0 bridgehead atoms. The van der Waals surface area contributed by atoms with E-state index in [1.165, 1.54) is 12.5 Å². The van der Waals surface area contributed by atoms with Gasteiger partial charge in [-0.15, -0.1) is 0 Å². The lowest BCUT2D eigenvalue weighted by molar-refractivity contribution is -0.119. The number of nitrogens with zero attached hydrogens (tertiary/aromatic N) is 2. The first-order valence-electron chi connectivity index (χ1n) is 8.89. The minimum absolute atomic E-state index is 0.0726. The molecular formula is C20H25N3O3. The zero-order valence-electron chi connectivity index (χ0n) is 15.0. The van der Waals surface area contributed by atoms with E-state index in [4.69, 9.17) is 9.84 Å². The number of carbonyl (C=O) groups excluding carboxylic acids is 1. The molecule has 2 heterocycles. The van der Waals surface area contributed by atoms with E-state index in [0.717, 1.165) is 43.1 Å². The molecule has 1 aliphatic rings. The molecule has 1 unspecified atom stereocenters. The van der Waals surface area contributed by atoms with Crippen molar-refractivity contribution in [2.75, 3.05) is 13.1 Å². The van der Waals surface area contributed by atoms with Crippen molar-refractivity contribution in [3.63, 3.8) is 0 Å². The molecule has 26 heavy (non-hydrogen) atoms. The molecule has 1 aromatic heterocycles. The molecule has 1 fully saturated rings. The van der Waals surface area contributed by atoms with Crippen LogP contribution in [0.2, 0.25) is 0 Å². The van der Waals surface area contributed by atoms with E-state index in [-0.39, 0.29) is 18.6 Å². The van der Waals surface area contributed by atoms with Crippen molar-refractivity contribution < 1.29 is 14.6 Å². The standard InChI is InChI=1S/C20H25N3O3/c1-15(25)22-11-18-10-19(6-8-21-18)26-20-7-9-23(13-20)12-16-2-4-17(14-24)5-3-16/h2-6,8,10,20,24H,7,9,11-14H2,1H3,(H,22,25). The van der Waals surface area contributed by atoms with Crippen LogP contribution in [0, 0.1) is 0 Å². The Morgan fingerprint density at radius 3 is 2.81 bits per heavy atom. The molecular weight excluding hydrogens is 330 g/mol. The number of likely N-dealkylation sites (tertiary alicyclic amines) is 1. The third-order valence-electron chi connectivity index (χ3n) is 4.45. The number of ether oxygens (including phenoxy) is 1. The SMILES string of the molecule is CC(=O)NCc1cc(OC2CCN(Cc3ccc(CO)cc3)C2)ccn1. The van der Waals surface area contributed by atoms with Crippen LogP contribution in [-0.2, 0) is 24.5 Å². The van der Waals surface area contributed by atoms with Gasteiger partial charge in [-0.1, -0.05) is 24.3 Å². The van der Waals surface area contributed by atoms with E-state index in [2.05, 4.69) is 27.3 Å². The molecule has 1 saturated heterocycles. The van der Waals surface area contributed by atoms with E-state index in [1.54, 1.807) is 6.20 Å². The molecule has 3 rings (SSSR count). The minimum atomic E-state index is -0.0726. The number of aliphatic hydroxyl groups is 1. The first kappa shape index (κ1) is 18.4. The van der Waals surface area contributed by atoms with Crippen molar-refractivity contribution in [1.82, 2.24) is 15.2 Å².